The lowest BCUT2D eigenvalue weighted by atomic mass is 10.2. The summed E-state index contributed by atoms with van der Waals surface area (Å²) in [5.74, 6) is 0.386. The number of hydrogen-bond acceptors (Lipinski definition) is 3. The number of benzene rings is 2. The fraction of sp³-hybridized carbons (Fsp3) is 0.0714. The van der Waals surface area contributed by atoms with Gasteiger partial charge in [0.05, 0.1) is 15.6 Å². The molecular formula is C14H8BrF3N2O. The van der Waals surface area contributed by atoms with Gasteiger partial charge in [0.15, 0.2) is 0 Å². The smallest absolute Gasteiger partial charge is 0.416 e. The van der Waals surface area contributed by atoms with E-state index in [1.807, 2.05) is 6.07 Å². The van der Waals surface area contributed by atoms with Crippen LogP contribution in [0, 0.1) is 11.3 Å². The second kappa shape index (κ2) is 5.66. The van der Waals surface area contributed by atoms with E-state index in [0.29, 0.717) is 5.69 Å². The number of halogens is 4. The summed E-state index contributed by atoms with van der Waals surface area (Å²) in [6.45, 7) is 0. The maximum absolute atomic E-state index is 12.6. The van der Waals surface area contributed by atoms with Crippen LogP contribution in [0.15, 0.2) is 40.9 Å². The summed E-state index contributed by atoms with van der Waals surface area (Å²) in [6, 6.07) is 9.36. The molecule has 0 unspecified atom stereocenters. The van der Waals surface area contributed by atoms with Crippen LogP contribution in [0.25, 0.3) is 0 Å². The van der Waals surface area contributed by atoms with Gasteiger partial charge in [-0.25, -0.2) is 0 Å². The zero-order valence-corrected chi connectivity index (χ0v) is 12.0. The first kappa shape index (κ1) is 15.2. The van der Waals surface area contributed by atoms with Crippen LogP contribution in [-0.4, -0.2) is 0 Å². The Balaban J connectivity index is 2.35. The van der Waals surface area contributed by atoms with Gasteiger partial charge in [-0.05, 0) is 52.3 Å². The summed E-state index contributed by atoms with van der Waals surface area (Å²) in [5.41, 5.74) is 5.35. The molecule has 0 heterocycles. The van der Waals surface area contributed by atoms with Gasteiger partial charge in [0, 0.05) is 5.69 Å². The Hall–Kier alpha value is -2.20. The SMILES string of the molecule is N#Cc1cc(N)ccc1Oc1ccc(C(F)(F)F)cc1Br. The monoisotopic (exact) mass is 356 g/mol. The Morgan fingerprint density at radius 1 is 1.10 bits per heavy atom. The highest BCUT2D eigenvalue weighted by molar-refractivity contribution is 9.10. The van der Waals surface area contributed by atoms with Crippen LogP contribution in [0.5, 0.6) is 11.5 Å². The summed E-state index contributed by atoms with van der Waals surface area (Å²) in [4.78, 5) is 0. The second-order valence-electron chi connectivity index (χ2n) is 4.11. The molecule has 0 aliphatic carbocycles. The first-order chi connectivity index (χ1) is 9.81. The molecule has 0 bridgehead atoms. The van der Waals surface area contributed by atoms with Gasteiger partial charge >= 0.3 is 6.18 Å². The van der Waals surface area contributed by atoms with E-state index < -0.39 is 11.7 Å². The molecule has 7 heteroatoms. The molecule has 2 aromatic rings. The molecular weight excluding hydrogens is 349 g/mol. The molecule has 2 N–H and O–H groups in total. The Morgan fingerprint density at radius 3 is 2.33 bits per heavy atom. The fourth-order valence-electron chi connectivity index (χ4n) is 1.60. The normalized spacial score (nSPS) is 11.0. The molecule has 0 aliphatic heterocycles. The number of ether oxygens (including phenoxy) is 1. The predicted octanol–water partition coefficient (Wildman–Crippen LogP) is 4.71. The van der Waals surface area contributed by atoms with Crippen molar-refractivity contribution in [2.24, 2.45) is 0 Å². The molecule has 0 amide bonds. The summed E-state index contributed by atoms with van der Waals surface area (Å²) < 4.78 is 43.3. The van der Waals surface area contributed by atoms with E-state index in [-0.39, 0.29) is 21.5 Å². The summed E-state index contributed by atoms with van der Waals surface area (Å²) in [6.07, 6.45) is -4.43. The van der Waals surface area contributed by atoms with Gasteiger partial charge in [0.1, 0.15) is 17.6 Å². The van der Waals surface area contributed by atoms with Gasteiger partial charge in [-0.3, -0.25) is 0 Å². The van der Waals surface area contributed by atoms with E-state index in [1.165, 1.54) is 24.3 Å². The Morgan fingerprint density at radius 2 is 1.76 bits per heavy atom. The average molecular weight is 357 g/mol. The number of alkyl halides is 3. The van der Waals surface area contributed by atoms with E-state index >= 15 is 0 Å². The third-order valence-corrected chi connectivity index (χ3v) is 3.22. The van der Waals surface area contributed by atoms with Crippen LogP contribution in [0.4, 0.5) is 18.9 Å². The topological polar surface area (TPSA) is 59.0 Å². The highest BCUT2D eigenvalue weighted by Crippen LogP contribution is 2.37. The standard InChI is InChI=1S/C14H8BrF3N2O/c15-11-6-9(14(16,17)18)1-3-13(11)21-12-4-2-10(20)5-8(12)7-19/h1-6H,20H2. The molecule has 0 radical (unpaired) electrons. The number of nitrogen functional groups attached to an aromatic ring is 1. The van der Waals surface area contributed by atoms with Crippen molar-refractivity contribution in [2.75, 3.05) is 5.73 Å². The minimum atomic E-state index is -4.43. The van der Waals surface area contributed by atoms with Gasteiger partial charge in [0.25, 0.3) is 0 Å². The average Bonchev–Trinajstić information content (AvgIpc) is 2.41. The number of rotatable bonds is 2. The zero-order valence-electron chi connectivity index (χ0n) is 10.4. The van der Waals surface area contributed by atoms with E-state index in [0.717, 1.165) is 12.1 Å². The van der Waals surface area contributed by atoms with Crippen LogP contribution < -0.4 is 10.5 Å². The van der Waals surface area contributed by atoms with E-state index in [1.54, 1.807) is 0 Å². The van der Waals surface area contributed by atoms with E-state index in [2.05, 4.69) is 15.9 Å². The molecule has 0 spiro atoms. The predicted molar refractivity (Wildman–Crippen MR) is 74.8 cm³/mol. The lowest BCUT2D eigenvalue weighted by Crippen LogP contribution is -2.04. The first-order valence-electron chi connectivity index (χ1n) is 5.65. The summed E-state index contributed by atoms with van der Waals surface area (Å²) >= 11 is 3.03. The fourth-order valence-corrected chi connectivity index (χ4v) is 2.06. The van der Waals surface area contributed by atoms with Crippen LogP contribution in [0.1, 0.15) is 11.1 Å². The van der Waals surface area contributed by atoms with Gasteiger partial charge < -0.3 is 10.5 Å². The largest absolute Gasteiger partial charge is 0.455 e. The molecule has 2 rings (SSSR count). The zero-order chi connectivity index (χ0) is 15.6. The minimum Gasteiger partial charge on any atom is -0.455 e. The molecule has 0 saturated carbocycles. The summed E-state index contributed by atoms with van der Waals surface area (Å²) in [7, 11) is 0. The van der Waals surface area contributed by atoms with Crippen molar-refractivity contribution < 1.29 is 17.9 Å². The maximum atomic E-state index is 12.6. The lowest BCUT2D eigenvalue weighted by Gasteiger charge is -2.12. The van der Waals surface area contributed by atoms with Crippen molar-refractivity contribution in [3.8, 4) is 17.6 Å². The minimum absolute atomic E-state index is 0.137. The van der Waals surface area contributed by atoms with E-state index in [4.69, 9.17) is 15.7 Å². The second-order valence-corrected chi connectivity index (χ2v) is 4.97. The van der Waals surface area contributed by atoms with Crippen LogP contribution >= 0.6 is 15.9 Å². The highest BCUT2D eigenvalue weighted by Gasteiger charge is 2.31. The molecule has 0 aromatic heterocycles. The van der Waals surface area contributed by atoms with E-state index in [9.17, 15) is 13.2 Å². The van der Waals surface area contributed by atoms with Crippen LogP contribution in [0.3, 0.4) is 0 Å². The van der Waals surface area contributed by atoms with Gasteiger partial charge in [-0.15, -0.1) is 0 Å². The van der Waals surface area contributed by atoms with Crippen molar-refractivity contribution >= 4 is 21.6 Å². The molecule has 0 fully saturated rings. The van der Waals surface area contributed by atoms with Crippen molar-refractivity contribution in [3.05, 3.63) is 52.0 Å². The lowest BCUT2D eigenvalue weighted by molar-refractivity contribution is -0.137. The quantitative estimate of drug-likeness (QED) is 0.792. The van der Waals surface area contributed by atoms with Crippen LogP contribution in [-0.2, 0) is 6.18 Å². The van der Waals surface area contributed by atoms with Crippen molar-refractivity contribution in [1.29, 1.82) is 5.26 Å². The molecule has 108 valence electrons. The molecule has 0 aliphatic rings. The number of nitrogens with zero attached hydrogens (tertiary/aromatic N) is 1. The molecule has 21 heavy (non-hydrogen) atoms. The van der Waals surface area contributed by atoms with Crippen molar-refractivity contribution in [3.63, 3.8) is 0 Å². The maximum Gasteiger partial charge on any atom is 0.416 e. The van der Waals surface area contributed by atoms with Gasteiger partial charge in [-0.2, -0.15) is 18.4 Å². The Labute approximate surface area is 126 Å². The van der Waals surface area contributed by atoms with Crippen molar-refractivity contribution in [2.45, 2.75) is 6.18 Å². The number of anilines is 1. The van der Waals surface area contributed by atoms with Crippen LogP contribution in [0.2, 0.25) is 0 Å². The molecule has 0 saturated heterocycles. The molecule has 2 aromatic carbocycles. The third kappa shape index (κ3) is 3.47. The van der Waals surface area contributed by atoms with Gasteiger partial charge in [-0.1, -0.05) is 0 Å². The Kier molecular flexibility index (Phi) is 4.09. The number of hydrogen-bond donors (Lipinski definition) is 1. The summed E-state index contributed by atoms with van der Waals surface area (Å²) in [5, 5.41) is 8.99. The molecule has 0 atom stereocenters. The van der Waals surface area contributed by atoms with Crippen molar-refractivity contribution in [1.82, 2.24) is 0 Å². The molecule has 3 nitrogen and oxygen atoms in total. The van der Waals surface area contributed by atoms with Gasteiger partial charge in [0.2, 0.25) is 0 Å². The number of nitrogens with two attached hydrogens (primary N) is 1. The first-order valence-corrected chi connectivity index (χ1v) is 6.45. The number of nitriles is 1. The highest BCUT2D eigenvalue weighted by atomic mass is 79.9. The third-order valence-electron chi connectivity index (χ3n) is 2.60. The Bertz CT molecular complexity index is 723.